The highest BCUT2D eigenvalue weighted by Gasteiger charge is 2.42. The topological polar surface area (TPSA) is 102 Å². The van der Waals surface area contributed by atoms with E-state index in [4.69, 9.17) is 9.47 Å². The van der Waals surface area contributed by atoms with Crippen molar-refractivity contribution < 1.29 is 29.2 Å². The van der Waals surface area contributed by atoms with Crippen LogP contribution in [-0.2, 0) is 20.8 Å². The SMILES string of the molecule is COc1ccc(CC[NH2+][C@@H]2CC(=O)N(c3ccc(NC(C)=O)cc3)C2=O)cc1OC. The molecule has 0 bridgehead atoms. The lowest BCUT2D eigenvalue weighted by molar-refractivity contribution is -0.674. The van der Waals surface area contributed by atoms with Crippen molar-refractivity contribution in [3.63, 3.8) is 0 Å². The summed E-state index contributed by atoms with van der Waals surface area (Å²) in [4.78, 5) is 37.5. The zero-order chi connectivity index (χ0) is 21.7. The summed E-state index contributed by atoms with van der Waals surface area (Å²) in [6, 6.07) is 12.0. The summed E-state index contributed by atoms with van der Waals surface area (Å²) >= 11 is 0. The van der Waals surface area contributed by atoms with Gasteiger partial charge in [-0.2, -0.15) is 0 Å². The third-order valence-corrected chi connectivity index (χ3v) is 4.96. The standard InChI is InChI=1S/C22H25N3O5/c1-14(26)24-16-5-7-17(8-6-16)25-21(27)13-18(22(25)28)23-11-10-15-4-9-19(29-2)20(12-15)30-3/h4-9,12,18,23H,10-11,13H2,1-3H3,(H,24,26)/p+1/t18-/m1/s1. The number of ether oxygens (including phenoxy) is 2. The smallest absolute Gasteiger partial charge is 0.292 e. The Balaban J connectivity index is 1.59. The number of benzene rings is 2. The average Bonchev–Trinajstić information content (AvgIpc) is 3.01. The van der Waals surface area contributed by atoms with Crippen LogP contribution in [0.1, 0.15) is 18.9 Å². The van der Waals surface area contributed by atoms with Gasteiger partial charge in [-0.3, -0.25) is 14.4 Å². The van der Waals surface area contributed by atoms with Gasteiger partial charge >= 0.3 is 0 Å². The number of carbonyl (C=O) groups excluding carboxylic acids is 3. The van der Waals surface area contributed by atoms with Crippen LogP contribution in [0.4, 0.5) is 11.4 Å². The second-order valence-electron chi connectivity index (χ2n) is 7.07. The molecule has 0 radical (unpaired) electrons. The molecule has 8 nitrogen and oxygen atoms in total. The van der Waals surface area contributed by atoms with Gasteiger partial charge in [0.25, 0.3) is 5.91 Å². The van der Waals surface area contributed by atoms with Gasteiger partial charge < -0.3 is 20.1 Å². The minimum absolute atomic E-state index is 0.165. The van der Waals surface area contributed by atoms with Gasteiger partial charge in [0.2, 0.25) is 11.8 Å². The van der Waals surface area contributed by atoms with Gasteiger partial charge in [0.05, 0.1) is 32.9 Å². The van der Waals surface area contributed by atoms with E-state index >= 15 is 0 Å². The van der Waals surface area contributed by atoms with E-state index in [0.29, 0.717) is 29.4 Å². The first-order valence-corrected chi connectivity index (χ1v) is 9.71. The van der Waals surface area contributed by atoms with Gasteiger partial charge in [-0.1, -0.05) is 6.07 Å². The molecule has 0 aliphatic carbocycles. The Kier molecular flexibility index (Phi) is 6.68. The maximum absolute atomic E-state index is 12.8. The number of quaternary nitrogens is 1. The molecular weight excluding hydrogens is 386 g/mol. The second kappa shape index (κ2) is 9.41. The Morgan fingerprint density at radius 3 is 2.43 bits per heavy atom. The van der Waals surface area contributed by atoms with E-state index in [1.807, 2.05) is 23.5 Å². The lowest BCUT2D eigenvalue weighted by Gasteiger charge is -2.15. The van der Waals surface area contributed by atoms with Gasteiger partial charge in [-0.15, -0.1) is 0 Å². The summed E-state index contributed by atoms with van der Waals surface area (Å²) < 4.78 is 10.6. The number of amides is 3. The van der Waals surface area contributed by atoms with Crippen molar-refractivity contribution in [2.75, 3.05) is 31.0 Å². The molecule has 3 amide bonds. The Morgan fingerprint density at radius 2 is 1.80 bits per heavy atom. The summed E-state index contributed by atoms with van der Waals surface area (Å²) in [6.07, 6.45) is 0.891. The molecule has 2 aromatic carbocycles. The number of rotatable bonds is 8. The third-order valence-electron chi connectivity index (χ3n) is 4.96. The van der Waals surface area contributed by atoms with Crippen LogP contribution >= 0.6 is 0 Å². The molecule has 1 aliphatic heterocycles. The molecule has 0 saturated carbocycles. The number of carbonyl (C=O) groups is 3. The van der Waals surface area contributed by atoms with Crippen LogP contribution in [-0.4, -0.2) is 44.5 Å². The fourth-order valence-electron chi connectivity index (χ4n) is 3.50. The molecular formula is C22H26N3O5+. The quantitative estimate of drug-likeness (QED) is 0.633. The van der Waals surface area contributed by atoms with Gasteiger partial charge in [0.1, 0.15) is 0 Å². The van der Waals surface area contributed by atoms with Crippen molar-refractivity contribution in [3.05, 3.63) is 48.0 Å². The lowest BCUT2D eigenvalue weighted by Crippen LogP contribution is -2.92. The molecule has 30 heavy (non-hydrogen) atoms. The predicted octanol–water partition coefficient (Wildman–Crippen LogP) is 1.10. The number of hydrogen-bond acceptors (Lipinski definition) is 5. The number of nitrogens with two attached hydrogens (primary N) is 1. The second-order valence-corrected chi connectivity index (χ2v) is 7.07. The molecule has 0 unspecified atom stereocenters. The van der Waals surface area contributed by atoms with Crippen LogP contribution in [0.2, 0.25) is 0 Å². The van der Waals surface area contributed by atoms with E-state index in [2.05, 4.69) is 5.32 Å². The zero-order valence-corrected chi connectivity index (χ0v) is 17.3. The van der Waals surface area contributed by atoms with E-state index in [-0.39, 0.29) is 24.1 Å². The fraction of sp³-hybridized carbons (Fsp3) is 0.318. The van der Waals surface area contributed by atoms with Crippen molar-refractivity contribution >= 4 is 29.1 Å². The molecule has 3 N–H and O–H groups in total. The Hall–Kier alpha value is -3.39. The van der Waals surface area contributed by atoms with E-state index in [1.54, 1.807) is 38.5 Å². The molecule has 1 aliphatic rings. The van der Waals surface area contributed by atoms with E-state index < -0.39 is 6.04 Å². The molecule has 1 heterocycles. The summed E-state index contributed by atoms with van der Waals surface area (Å²) in [5, 5.41) is 4.57. The third kappa shape index (κ3) is 4.77. The van der Waals surface area contributed by atoms with Crippen LogP contribution < -0.4 is 25.0 Å². The van der Waals surface area contributed by atoms with Crippen LogP contribution in [0.3, 0.4) is 0 Å². The lowest BCUT2D eigenvalue weighted by atomic mass is 10.1. The number of imide groups is 1. The Morgan fingerprint density at radius 1 is 1.10 bits per heavy atom. The van der Waals surface area contributed by atoms with E-state index in [1.165, 1.54) is 11.8 Å². The van der Waals surface area contributed by atoms with Crippen LogP contribution in [0.5, 0.6) is 11.5 Å². The summed E-state index contributed by atoms with van der Waals surface area (Å²) in [5.74, 6) is 0.706. The van der Waals surface area contributed by atoms with Crippen LogP contribution in [0.15, 0.2) is 42.5 Å². The molecule has 158 valence electrons. The Bertz CT molecular complexity index is 942. The fourth-order valence-corrected chi connectivity index (χ4v) is 3.50. The molecule has 1 saturated heterocycles. The highest BCUT2D eigenvalue weighted by Crippen LogP contribution is 2.27. The first-order chi connectivity index (χ1) is 14.4. The summed E-state index contributed by atoms with van der Waals surface area (Å²) in [6.45, 7) is 2.08. The van der Waals surface area contributed by atoms with Gasteiger partial charge in [-0.25, -0.2) is 4.90 Å². The van der Waals surface area contributed by atoms with Crippen molar-refractivity contribution in [2.24, 2.45) is 0 Å². The van der Waals surface area contributed by atoms with Crippen molar-refractivity contribution in [2.45, 2.75) is 25.8 Å². The minimum Gasteiger partial charge on any atom is -0.493 e. The number of nitrogens with zero attached hydrogens (tertiary/aromatic N) is 1. The Labute approximate surface area is 175 Å². The zero-order valence-electron chi connectivity index (χ0n) is 17.3. The van der Waals surface area contributed by atoms with E-state index in [0.717, 1.165) is 12.0 Å². The monoisotopic (exact) mass is 412 g/mol. The number of hydrogen-bond donors (Lipinski definition) is 2. The number of nitrogens with one attached hydrogen (secondary N) is 1. The number of anilines is 2. The first kappa shape index (κ1) is 21.3. The normalized spacial score (nSPS) is 16.0. The molecule has 1 fully saturated rings. The first-order valence-electron chi connectivity index (χ1n) is 9.71. The maximum Gasteiger partial charge on any atom is 0.292 e. The molecule has 1 atom stereocenters. The highest BCUT2D eigenvalue weighted by atomic mass is 16.5. The van der Waals surface area contributed by atoms with Gasteiger partial charge in [0.15, 0.2) is 17.5 Å². The van der Waals surface area contributed by atoms with Gasteiger partial charge in [-0.05, 0) is 42.0 Å². The molecule has 0 aromatic heterocycles. The van der Waals surface area contributed by atoms with E-state index in [9.17, 15) is 14.4 Å². The maximum atomic E-state index is 12.8. The van der Waals surface area contributed by atoms with Crippen molar-refractivity contribution in [3.8, 4) is 11.5 Å². The van der Waals surface area contributed by atoms with Crippen molar-refractivity contribution in [1.82, 2.24) is 0 Å². The highest BCUT2D eigenvalue weighted by molar-refractivity contribution is 6.21. The summed E-state index contributed by atoms with van der Waals surface area (Å²) in [7, 11) is 3.18. The minimum atomic E-state index is -0.437. The van der Waals surface area contributed by atoms with Crippen LogP contribution in [0, 0.1) is 0 Å². The molecule has 0 spiro atoms. The van der Waals surface area contributed by atoms with Crippen molar-refractivity contribution in [1.29, 1.82) is 0 Å². The van der Waals surface area contributed by atoms with Gasteiger partial charge in [0, 0.05) is 19.0 Å². The van der Waals surface area contributed by atoms with Crippen LogP contribution in [0.25, 0.3) is 0 Å². The molecule has 8 heteroatoms. The largest absolute Gasteiger partial charge is 0.493 e. The molecule has 2 aromatic rings. The predicted molar refractivity (Wildman–Crippen MR) is 112 cm³/mol. The number of methoxy groups -OCH3 is 2. The summed E-state index contributed by atoms with van der Waals surface area (Å²) in [5.41, 5.74) is 2.18. The molecule has 3 rings (SSSR count). The average molecular weight is 412 g/mol.